The first-order valence-corrected chi connectivity index (χ1v) is 6.51. The Hall–Kier alpha value is -1.84. The minimum absolute atomic E-state index is 0.0262. The van der Waals surface area contributed by atoms with Crippen molar-refractivity contribution in [3.05, 3.63) is 29.3 Å². The lowest BCUT2D eigenvalue weighted by atomic mass is 9.71. The molecule has 0 aliphatic heterocycles. The molecule has 1 saturated carbocycles. The highest BCUT2D eigenvalue weighted by Gasteiger charge is 2.32. The number of aldehydes is 1. The quantitative estimate of drug-likeness (QED) is 0.654. The third kappa shape index (κ3) is 2.78. The number of aromatic hydroxyl groups is 1. The number of phenols is 1. The number of carbonyl (C=O) groups excluding carboxylic acids is 2. The van der Waals surface area contributed by atoms with E-state index in [4.69, 9.17) is 4.74 Å². The van der Waals surface area contributed by atoms with Crippen molar-refractivity contribution in [2.24, 2.45) is 5.92 Å². The number of rotatable bonds is 5. The van der Waals surface area contributed by atoms with Crippen LogP contribution in [-0.2, 0) is 9.53 Å². The van der Waals surface area contributed by atoms with Crippen molar-refractivity contribution >= 4 is 12.3 Å². The van der Waals surface area contributed by atoms with Gasteiger partial charge in [-0.15, -0.1) is 0 Å². The monoisotopic (exact) mass is 262 g/mol. The molecule has 102 valence electrons. The lowest BCUT2D eigenvalue weighted by Crippen LogP contribution is -2.24. The average molecular weight is 262 g/mol. The lowest BCUT2D eigenvalue weighted by molar-refractivity contribution is -0.141. The molecular weight excluding hydrogens is 244 g/mol. The highest BCUT2D eigenvalue weighted by Crippen LogP contribution is 2.43. The fourth-order valence-corrected chi connectivity index (χ4v) is 2.66. The van der Waals surface area contributed by atoms with Crippen LogP contribution < -0.4 is 0 Å². The van der Waals surface area contributed by atoms with Crippen LogP contribution in [0.2, 0.25) is 0 Å². The molecule has 2 rings (SSSR count). The maximum Gasteiger partial charge on any atom is 0.306 e. The van der Waals surface area contributed by atoms with Gasteiger partial charge >= 0.3 is 5.97 Å². The number of ether oxygens (including phenoxy) is 1. The first kappa shape index (κ1) is 13.6. The number of hydrogen-bond donors (Lipinski definition) is 1. The summed E-state index contributed by atoms with van der Waals surface area (Å²) in [6, 6.07) is 5.01. The smallest absolute Gasteiger partial charge is 0.306 e. The van der Waals surface area contributed by atoms with Crippen molar-refractivity contribution in [2.75, 3.05) is 7.11 Å². The molecule has 0 heterocycles. The van der Waals surface area contributed by atoms with Crippen molar-refractivity contribution in [3.63, 3.8) is 0 Å². The first-order valence-electron chi connectivity index (χ1n) is 6.51. The molecule has 0 aromatic heterocycles. The predicted molar refractivity (Wildman–Crippen MR) is 70.2 cm³/mol. The fourth-order valence-electron chi connectivity index (χ4n) is 2.66. The van der Waals surface area contributed by atoms with Crippen LogP contribution in [0.1, 0.15) is 47.5 Å². The lowest BCUT2D eigenvalue weighted by Gasteiger charge is -2.34. The molecule has 4 nitrogen and oxygen atoms in total. The van der Waals surface area contributed by atoms with Crippen LogP contribution in [-0.4, -0.2) is 24.5 Å². The summed E-state index contributed by atoms with van der Waals surface area (Å²) in [6.45, 7) is 0. The molecule has 1 aliphatic carbocycles. The van der Waals surface area contributed by atoms with Gasteiger partial charge in [-0.05, 0) is 36.3 Å². The van der Waals surface area contributed by atoms with Crippen molar-refractivity contribution in [2.45, 2.75) is 31.6 Å². The summed E-state index contributed by atoms with van der Waals surface area (Å²) in [4.78, 5) is 22.7. The number of carbonyl (C=O) groups is 2. The van der Waals surface area contributed by atoms with Gasteiger partial charge in [0, 0.05) is 0 Å². The number of esters is 1. The van der Waals surface area contributed by atoms with E-state index in [1.807, 2.05) is 6.07 Å². The Bertz CT molecular complexity index is 477. The largest absolute Gasteiger partial charge is 0.507 e. The van der Waals surface area contributed by atoms with Gasteiger partial charge in [0.05, 0.1) is 19.1 Å². The summed E-state index contributed by atoms with van der Waals surface area (Å²) in [6.07, 6.45) is 4.17. The second kappa shape index (κ2) is 5.87. The molecule has 1 aliphatic rings. The average Bonchev–Trinajstić information content (AvgIpc) is 2.35. The molecule has 0 saturated heterocycles. The molecule has 1 N–H and O–H groups in total. The molecule has 1 aromatic rings. The molecule has 1 aromatic carbocycles. The summed E-state index contributed by atoms with van der Waals surface area (Å²) >= 11 is 0. The molecule has 0 spiro atoms. The van der Waals surface area contributed by atoms with Crippen molar-refractivity contribution < 1.29 is 19.4 Å². The van der Waals surface area contributed by atoms with Gasteiger partial charge in [0.1, 0.15) is 5.75 Å². The molecule has 1 atom stereocenters. The summed E-state index contributed by atoms with van der Waals surface area (Å²) in [5.41, 5.74) is 1.05. The minimum atomic E-state index is -0.280. The van der Waals surface area contributed by atoms with E-state index in [0.29, 0.717) is 17.8 Å². The molecule has 19 heavy (non-hydrogen) atoms. The maximum absolute atomic E-state index is 11.6. The molecular formula is C15H18O4. The Kier molecular flexibility index (Phi) is 4.20. The van der Waals surface area contributed by atoms with Crippen LogP contribution >= 0.6 is 0 Å². The van der Waals surface area contributed by atoms with Gasteiger partial charge in [-0.2, -0.15) is 0 Å². The summed E-state index contributed by atoms with van der Waals surface area (Å²) in [5.74, 6) is 0.0341. The summed E-state index contributed by atoms with van der Waals surface area (Å²) < 4.78 is 4.73. The zero-order valence-electron chi connectivity index (χ0n) is 11.0. The van der Waals surface area contributed by atoms with Crippen LogP contribution in [0, 0.1) is 5.92 Å². The van der Waals surface area contributed by atoms with E-state index < -0.39 is 0 Å². The van der Waals surface area contributed by atoms with Gasteiger partial charge in [0.25, 0.3) is 0 Å². The van der Waals surface area contributed by atoms with Crippen LogP contribution in [0.4, 0.5) is 0 Å². The normalized spacial score (nSPS) is 16.5. The molecule has 0 bridgehead atoms. The topological polar surface area (TPSA) is 63.6 Å². The number of phenolic OH excluding ortho intramolecular Hbond substituents is 1. The Morgan fingerprint density at radius 1 is 1.53 bits per heavy atom. The summed E-state index contributed by atoms with van der Waals surface area (Å²) in [5, 5.41) is 9.76. The number of methoxy groups -OCH3 is 1. The second-order valence-corrected chi connectivity index (χ2v) is 4.98. The molecule has 0 amide bonds. The van der Waals surface area contributed by atoms with Gasteiger partial charge in [-0.3, -0.25) is 9.59 Å². The molecule has 4 heteroatoms. The predicted octanol–water partition coefficient (Wildman–Crippen LogP) is 2.65. The third-order valence-electron chi connectivity index (χ3n) is 3.97. The molecule has 1 fully saturated rings. The standard InChI is InChI=1S/C15H18O4/c1-19-15(18)8-12(10-4-2-5-10)11-6-3-7-14(17)13(11)9-16/h3,6-7,9-10,12,17H,2,4-5,8H2,1H3. The Morgan fingerprint density at radius 2 is 2.26 bits per heavy atom. The number of hydrogen-bond acceptors (Lipinski definition) is 4. The van der Waals surface area contributed by atoms with E-state index >= 15 is 0 Å². The minimum Gasteiger partial charge on any atom is -0.507 e. The fraction of sp³-hybridized carbons (Fsp3) is 0.467. The van der Waals surface area contributed by atoms with E-state index in [-0.39, 0.29) is 24.1 Å². The van der Waals surface area contributed by atoms with E-state index in [9.17, 15) is 14.7 Å². The van der Waals surface area contributed by atoms with Crippen LogP contribution in [0.25, 0.3) is 0 Å². The Balaban J connectivity index is 2.34. The zero-order chi connectivity index (χ0) is 13.8. The van der Waals surface area contributed by atoms with Gasteiger partial charge < -0.3 is 9.84 Å². The van der Waals surface area contributed by atoms with E-state index in [1.54, 1.807) is 6.07 Å². The SMILES string of the molecule is COC(=O)CC(c1cccc(O)c1C=O)C1CCC1. The van der Waals surface area contributed by atoms with Gasteiger partial charge in [-0.1, -0.05) is 18.6 Å². The first-order chi connectivity index (χ1) is 9.17. The van der Waals surface area contributed by atoms with Crippen LogP contribution in [0.5, 0.6) is 5.75 Å². The highest BCUT2D eigenvalue weighted by atomic mass is 16.5. The van der Waals surface area contributed by atoms with Crippen molar-refractivity contribution in [1.29, 1.82) is 0 Å². The molecule has 1 unspecified atom stereocenters. The maximum atomic E-state index is 11.6. The van der Waals surface area contributed by atoms with Crippen LogP contribution in [0.15, 0.2) is 18.2 Å². The highest BCUT2D eigenvalue weighted by molar-refractivity contribution is 5.82. The van der Waals surface area contributed by atoms with Crippen LogP contribution in [0.3, 0.4) is 0 Å². The van der Waals surface area contributed by atoms with Crippen molar-refractivity contribution in [1.82, 2.24) is 0 Å². The molecule has 0 radical (unpaired) electrons. The second-order valence-electron chi connectivity index (χ2n) is 4.98. The van der Waals surface area contributed by atoms with Gasteiger partial charge in [-0.25, -0.2) is 0 Å². The van der Waals surface area contributed by atoms with E-state index in [2.05, 4.69) is 0 Å². The van der Waals surface area contributed by atoms with E-state index in [1.165, 1.54) is 13.2 Å². The van der Waals surface area contributed by atoms with Gasteiger partial charge in [0.2, 0.25) is 0 Å². The van der Waals surface area contributed by atoms with Crippen molar-refractivity contribution in [3.8, 4) is 5.75 Å². The summed E-state index contributed by atoms with van der Waals surface area (Å²) in [7, 11) is 1.36. The Morgan fingerprint density at radius 3 is 2.79 bits per heavy atom. The third-order valence-corrected chi connectivity index (χ3v) is 3.97. The Labute approximate surface area is 112 Å². The zero-order valence-corrected chi connectivity index (χ0v) is 11.0. The van der Waals surface area contributed by atoms with Gasteiger partial charge in [0.15, 0.2) is 6.29 Å². The number of benzene rings is 1. The van der Waals surface area contributed by atoms with E-state index in [0.717, 1.165) is 24.8 Å².